The maximum Gasteiger partial charge on any atom is 0.161 e. The highest BCUT2D eigenvalue weighted by atomic mass is 16.5. The van der Waals surface area contributed by atoms with Gasteiger partial charge in [-0.25, -0.2) is 0 Å². The van der Waals surface area contributed by atoms with Crippen LogP contribution in [0.4, 0.5) is 0 Å². The summed E-state index contributed by atoms with van der Waals surface area (Å²) in [6, 6.07) is 4.41. The summed E-state index contributed by atoms with van der Waals surface area (Å²) in [5, 5.41) is 17.1. The number of aromatic hydroxyl groups is 1. The van der Waals surface area contributed by atoms with Crippen molar-refractivity contribution in [3.05, 3.63) is 23.8 Å². The number of aliphatic hydroxyl groups excluding tert-OH is 1. The lowest BCUT2D eigenvalue weighted by Crippen LogP contribution is -1.85. The van der Waals surface area contributed by atoms with E-state index in [1.807, 2.05) is 0 Å². The van der Waals surface area contributed by atoms with Crippen LogP contribution < -0.4 is 4.74 Å². The van der Waals surface area contributed by atoms with E-state index in [0.29, 0.717) is 30.4 Å². The summed E-state index contributed by atoms with van der Waals surface area (Å²) >= 11 is 0. The zero-order valence-electron chi connectivity index (χ0n) is 9.63. The number of benzene rings is 1. The minimum atomic E-state index is 0.0399. The van der Waals surface area contributed by atoms with Gasteiger partial charge in [-0.15, -0.1) is 0 Å². The molecule has 0 aliphatic heterocycles. The Morgan fingerprint density at radius 3 is 2.47 bits per heavy atom. The lowest BCUT2D eigenvalue weighted by Gasteiger charge is -2.01. The number of rotatable bonds is 5. The van der Waals surface area contributed by atoms with Gasteiger partial charge in [0.2, 0.25) is 0 Å². The molecule has 1 aromatic carbocycles. The number of aliphatic hydroxyl groups is 1. The SMILES string of the molecule is COc1cc(C=O)ccc1O.O=CCCCO. The average molecular weight is 240 g/mol. The molecule has 0 saturated carbocycles. The minimum absolute atomic E-state index is 0.0399. The Bertz CT molecular complexity index is 349. The van der Waals surface area contributed by atoms with Crippen LogP contribution in [-0.4, -0.2) is 36.5 Å². The normalized spacial score (nSPS) is 8.82. The number of methoxy groups -OCH3 is 1. The van der Waals surface area contributed by atoms with Crippen molar-refractivity contribution in [3.8, 4) is 11.5 Å². The number of phenolic OH excluding ortho intramolecular Hbond substituents is 1. The minimum Gasteiger partial charge on any atom is -0.504 e. The summed E-state index contributed by atoms with van der Waals surface area (Å²) in [4.78, 5) is 19.7. The first-order valence-electron chi connectivity index (χ1n) is 5.06. The quantitative estimate of drug-likeness (QED) is 0.596. The maximum absolute atomic E-state index is 10.2. The Morgan fingerprint density at radius 1 is 1.35 bits per heavy atom. The van der Waals surface area contributed by atoms with E-state index in [1.54, 1.807) is 0 Å². The van der Waals surface area contributed by atoms with Crippen LogP contribution in [0.3, 0.4) is 0 Å². The second kappa shape index (κ2) is 9.35. The summed E-state index contributed by atoms with van der Waals surface area (Å²) in [6.45, 7) is 0.124. The molecule has 1 rings (SSSR count). The third-order valence-corrected chi connectivity index (χ3v) is 1.82. The van der Waals surface area contributed by atoms with Gasteiger partial charge >= 0.3 is 0 Å². The highest BCUT2D eigenvalue weighted by Gasteiger charge is 2.00. The molecule has 0 unspecified atom stereocenters. The van der Waals surface area contributed by atoms with Crippen LogP contribution in [0.5, 0.6) is 11.5 Å². The molecule has 0 spiro atoms. The largest absolute Gasteiger partial charge is 0.504 e. The summed E-state index contributed by atoms with van der Waals surface area (Å²) < 4.78 is 4.78. The molecule has 0 aromatic heterocycles. The zero-order chi connectivity index (χ0) is 13.1. The molecule has 5 heteroatoms. The molecule has 0 aliphatic carbocycles. The van der Waals surface area contributed by atoms with Crippen molar-refractivity contribution in [2.45, 2.75) is 12.8 Å². The van der Waals surface area contributed by atoms with Crippen molar-refractivity contribution < 1.29 is 24.5 Å². The number of ether oxygens (including phenoxy) is 1. The molecule has 0 aliphatic rings. The molecule has 0 saturated heterocycles. The molecule has 5 nitrogen and oxygen atoms in total. The van der Waals surface area contributed by atoms with Gasteiger partial charge < -0.3 is 19.7 Å². The molecule has 0 bridgehead atoms. The van der Waals surface area contributed by atoms with Crippen molar-refractivity contribution >= 4 is 12.6 Å². The predicted molar refractivity (Wildman–Crippen MR) is 62.4 cm³/mol. The first-order valence-corrected chi connectivity index (χ1v) is 5.06. The fourth-order valence-electron chi connectivity index (χ4n) is 0.942. The molecule has 17 heavy (non-hydrogen) atoms. The topological polar surface area (TPSA) is 83.8 Å². The van der Waals surface area contributed by atoms with Gasteiger partial charge in [0.1, 0.15) is 12.6 Å². The van der Waals surface area contributed by atoms with Crippen molar-refractivity contribution in [1.29, 1.82) is 0 Å². The van der Waals surface area contributed by atoms with Crippen LogP contribution in [0.15, 0.2) is 18.2 Å². The molecule has 0 amide bonds. The molecule has 0 radical (unpaired) electrons. The monoisotopic (exact) mass is 240 g/mol. The molecular formula is C12H16O5. The average Bonchev–Trinajstić information content (AvgIpc) is 2.37. The van der Waals surface area contributed by atoms with Gasteiger partial charge in [-0.1, -0.05) is 0 Å². The van der Waals surface area contributed by atoms with E-state index in [2.05, 4.69) is 0 Å². The van der Waals surface area contributed by atoms with Crippen molar-refractivity contribution in [1.82, 2.24) is 0 Å². The highest BCUT2D eigenvalue weighted by molar-refractivity contribution is 5.76. The van der Waals surface area contributed by atoms with E-state index >= 15 is 0 Å². The molecular weight excluding hydrogens is 224 g/mol. The van der Waals surface area contributed by atoms with Crippen molar-refractivity contribution in [3.63, 3.8) is 0 Å². The number of aldehydes is 2. The van der Waals surface area contributed by atoms with Crippen molar-refractivity contribution in [2.75, 3.05) is 13.7 Å². The molecule has 0 fully saturated rings. The Morgan fingerprint density at radius 2 is 2.06 bits per heavy atom. The molecule has 2 N–H and O–H groups in total. The van der Waals surface area contributed by atoms with Crippen LogP contribution in [0.25, 0.3) is 0 Å². The number of phenols is 1. The fraction of sp³-hybridized carbons (Fsp3) is 0.333. The summed E-state index contributed by atoms with van der Waals surface area (Å²) in [6.07, 6.45) is 2.58. The summed E-state index contributed by atoms with van der Waals surface area (Å²) in [5.74, 6) is 0.354. The second-order valence-electron chi connectivity index (χ2n) is 3.08. The van der Waals surface area contributed by atoms with Crippen molar-refractivity contribution in [2.24, 2.45) is 0 Å². The Labute approximate surface area is 99.7 Å². The molecule has 1 aromatic rings. The highest BCUT2D eigenvalue weighted by Crippen LogP contribution is 2.25. The number of carbonyl (C=O) groups excluding carboxylic acids is 2. The van der Waals surface area contributed by atoms with Gasteiger partial charge in [-0.05, 0) is 24.6 Å². The number of hydrogen-bond acceptors (Lipinski definition) is 5. The van der Waals surface area contributed by atoms with Crippen LogP contribution >= 0.6 is 0 Å². The zero-order valence-corrected chi connectivity index (χ0v) is 9.63. The number of carbonyl (C=O) groups is 2. The number of hydrogen-bond donors (Lipinski definition) is 2. The molecule has 94 valence electrons. The van der Waals surface area contributed by atoms with E-state index in [1.165, 1.54) is 25.3 Å². The fourth-order valence-corrected chi connectivity index (χ4v) is 0.942. The maximum atomic E-state index is 10.2. The second-order valence-corrected chi connectivity index (χ2v) is 3.08. The van der Waals surface area contributed by atoms with Crippen LogP contribution in [0.2, 0.25) is 0 Å². The van der Waals surface area contributed by atoms with E-state index < -0.39 is 0 Å². The Hall–Kier alpha value is -1.88. The van der Waals surface area contributed by atoms with Gasteiger partial charge in [-0.2, -0.15) is 0 Å². The van der Waals surface area contributed by atoms with Gasteiger partial charge in [0, 0.05) is 18.6 Å². The summed E-state index contributed by atoms with van der Waals surface area (Å²) in [5.41, 5.74) is 0.486. The smallest absolute Gasteiger partial charge is 0.161 e. The first kappa shape index (κ1) is 15.1. The van der Waals surface area contributed by atoms with Gasteiger partial charge in [0.15, 0.2) is 11.5 Å². The van der Waals surface area contributed by atoms with Gasteiger partial charge in [0.05, 0.1) is 7.11 Å². The van der Waals surface area contributed by atoms with Gasteiger partial charge in [-0.3, -0.25) is 4.79 Å². The number of unbranched alkanes of at least 4 members (excludes halogenated alkanes) is 1. The van der Waals surface area contributed by atoms with Crippen LogP contribution in [0.1, 0.15) is 23.2 Å². The third-order valence-electron chi connectivity index (χ3n) is 1.82. The molecule has 0 atom stereocenters. The standard InChI is InChI=1S/C8H8O3.C4H8O2/c1-11-8-4-6(5-9)2-3-7(8)10;5-3-1-2-4-6/h2-5,10H,1H3;3,6H,1-2,4H2. The predicted octanol–water partition coefficient (Wildman–Crippen LogP) is 1.17. The Balaban J connectivity index is 0.000000366. The lowest BCUT2D eigenvalue weighted by atomic mass is 10.2. The Kier molecular flexibility index (Phi) is 8.32. The van der Waals surface area contributed by atoms with E-state index in [-0.39, 0.29) is 12.4 Å². The molecule has 0 heterocycles. The van der Waals surface area contributed by atoms with Crippen LogP contribution in [0, 0.1) is 0 Å². The first-order chi connectivity index (χ1) is 8.19. The van der Waals surface area contributed by atoms with E-state index in [4.69, 9.17) is 14.9 Å². The van der Waals surface area contributed by atoms with Gasteiger partial charge in [0.25, 0.3) is 0 Å². The summed E-state index contributed by atoms with van der Waals surface area (Å²) in [7, 11) is 1.43. The van der Waals surface area contributed by atoms with E-state index in [0.717, 1.165) is 6.29 Å². The lowest BCUT2D eigenvalue weighted by molar-refractivity contribution is -0.108. The van der Waals surface area contributed by atoms with E-state index in [9.17, 15) is 9.59 Å². The third kappa shape index (κ3) is 6.32. The van der Waals surface area contributed by atoms with Crippen LogP contribution in [-0.2, 0) is 4.79 Å².